The minimum absolute atomic E-state index is 0.0718. The molecule has 0 saturated carbocycles. The molecule has 3 heterocycles. The van der Waals surface area contributed by atoms with E-state index in [1.807, 2.05) is 40.1 Å². The average Bonchev–Trinajstić information content (AvgIpc) is 3.33. The van der Waals surface area contributed by atoms with E-state index in [1.165, 1.54) is 6.42 Å². The molecule has 1 aromatic carbocycles. The third-order valence-corrected chi connectivity index (χ3v) is 6.62. The monoisotopic (exact) mass is 429 g/mol. The van der Waals surface area contributed by atoms with Crippen LogP contribution in [-0.2, 0) is 14.3 Å². The number of likely N-dealkylation sites (tertiary alicyclic amines) is 1. The Labute approximate surface area is 185 Å². The van der Waals surface area contributed by atoms with Crippen LogP contribution in [-0.4, -0.2) is 91.6 Å². The Balaban J connectivity index is 1.19. The molecule has 170 valence electrons. The lowest BCUT2D eigenvalue weighted by atomic mass is 9.96. The number of piperidine rings is 1. The van der Waals surface area contributed by atoms with Crippen molar-refractivity contribution in [2.75, 3.05) is 59.0 Å². The summed E-state index contributed by atoms with van der Waals surface area (Å²) in [5, 5.41) is 0. The maximum Gasteiger partial charge on any atom is 0.227 e. The van der Waals surface area contributed by atoms with Gasteiger partial charge in [0, 0.05) is 52.4 Å². The maximum atomic E-state index is 13.1. The fourth-order valence-electron chi connectivity index (χ4n) is 4.82. The first kappa shape index (κ1) is 22.1. The minimum atomic E-state index is -0.0718. The molecule has 1 aromatic rings. The van der Waals surface area contributed by atoms with Crippen molar-refractivity contribution in [1.29, 1.82) is 0 Å². The molecule has 2 unspecified atom stereocenters. The van der Waals surface area contributed by atoms with Gasteiger partial charge >= 0.3 is 0 Å². The number of amides is 2. The molecule has 0 aliphatic carbocycles. The summed E-state index contributed by atoms with van der Waals surface area (Å²) in [5.74, 6) is 1.00. The van der Waals surface area contributed by atoms with Crippen LogP contribution in [0.15, 0.2) is 30.3 Å². The molecule has 0 spiro atoms. The van der Waals surface area contributed by atoms with Crippen LogP contribution in [0, 0.1) is 5.92 Å². The van der Waals surface area contributed by atoms with Crippen LogP contribution < -0.4 is 4.74 Å². The molecule has 3 aliphatic heterocycles. The zero-order chi connectivity index (χ0) is 21.5. The lowest BCUT2D eigenvalue weighted by Gasteiger charge is -2.39. The van der Waals surface area contributed by atoms with Crippen LogP contribution >= 0.6 is 0 Å². The van der Waals surface area contributed by atoms with Gasteiger partial charge in [-0.2, -0.15) is 0 Å². The van der Waals surface area contributed by atoms with Crippen molar-refractivity contribution < 1.29 is 19.1 Å². The van der Waals surface area contributed by atoms with Crippen molar-refractivity contribution in [2.24, 2.45) is 5.92 Å². The Kier molecular flexibility index (Phi) is 7.81. The van der Waals surface area contributed by atoms with E-state index >= 15 is 0 Å². The predicted octanol–water partition coefficient (Wildman–Crippen LogP) is 2.02. The molecule has 7 heteroatoms. The first-order valence-electron chi connectivity index (χ1n) is 11.8. The molecular weight excluding hydrogens is 394 g/mol. The highest BCUT2D eigenvalue weighted by Gasteiger charge is 2.33. The molecule has 0 radical (unpaired) electrons. The van der Waals surface area contributed by atoms with Crippen molar-refractivity contribution in [3.8, 4) is 5.75 Å². The number of ether oxygens (including phenoxy) is 2. The number of hydrogen-bond acceptors (Lipinski definition) is 5. The number of rotatable bonds is 7. The fraction of sp³-hybridized carbons (Fsp3) is 0.667. The first-order valence-corrected chi connectivity index (χ1v) is 11.8. The van der Waals surface area contributed by atoms with Gasteiger partial charge in [-0.3, -0.25) is 14.5 Å². The van der Waals surface area contributed by atoms with Crippen molar-refractivity contribution in [3.05, 3.63) is 30.3 Å². The van der Waals surface area contributed by atoms with Gasteiger partial charge in [-0.25, -0.2) is 0 Å². The zero-order valence-corrected chi connectivity index (χ0v) is 18.4. The number of carbonyl (C=O) groups excluding carboxylic acids is 2. The lowest BCUT2D eigenvalue weighted by molar-refractivity contribution is -0.142. The van der Waals surface area contributed by atoms with Gasteiger partial charge in [0.15, 0.2) is 0 Å². The second kappa shape index (κ2) is 11.0. The summed E-state index contributed by atoms with van der Waals surface area (Å²) >= 11 is 0. The third-order valence-electron chi connectivity index (χ3n) is 6.62. The van der Waals surface area contributed by atoms with Crippen LogP contribution in [0.1, 0.15) is 32.1 Å². The van der Waals surface area contributed by atoms with E-state index in [1.54, 1.807) is 0 Å². The lowest BCUT2D eigenvalue weighted by Crippen LogP contribution is -2.54. The summed E-state index contributed by atoms with van der Waals surface area (Å²) in [6.45, 7) is 6.90. The van der Waals surface area contributed by atoms with E-state index in [0.29, 0.717) is 25.7 Å². The van der Waals surface area contributed by atoms with Crippen LogP contribution in [0.25, 0.3) is 0 Å². The van der Waals surface area contributed by atoms with Crippen LogP contribution in [0.2, 0.25) is 0 Å². The highest BCUT2D eigenvalue weighted by Crippen LogP contribution is 2.21. The molecule has 2 atom stereocenters. The SMILES string of the molecule is O=C(CCOc1ccccc1)N1CCCC(C(=O)N2CCN(CC3CCCO3)CC2)C1. The normalized spacial score (nSPS) is 24.9. The topological polar surface area (TPSA) is 62.3 Å². The van der Waals surface area contributed by atoms with Crippen molar-refractivity contribution in [3.63, 3.8) is 0 Å². The van der Waals surface area contributed by atoms with Gasteiger partial charge in [-0.15, -0.1) is 0 Å². The summed E-state index contributed by atoms with van der Waals surface area (Å²) in [4.78, 5) is 32.0. The Hall–Kier alpha value is -2.12. The number of benzene rings is 1. The van der Waals surface area contributed by atoms with Gasteiger partial charge in [-0.1, -0.05) is 18.2 Å². The average molecular weight is 430 g/mol. The first-order chi connectivity index (χ1) is 15.2. The molecule has 7 nitrogen and oxygen atoms in total. The standard InChI is InChI=1S/C24H35N3O4/c28-23(10-17-31-21-7-2-1-3-8-21)27-11-4-6-20(18-27)24(29)26-14-12-25(13-15-26)19-22-9-5-16-30-22/h1-3,7-8,20,22H,4-6,9-19H2. The molecular formula is C24H35N3O4. The van der Waals surface area contributed by atoms with E-state index < -0.39 is 0 Å². The van der Waals surface area contributed by atoms with Crippen molar-refractivity contribution in [2.45, 2.75) is 38.2 Å². The fourth-order valence-corrected chi connectivity index (χ4v) is 4.82. The van der Waals surface area contributed by atoms with E-state index in [-0.39, 0.29) is 17.7 Å². The van der Waals surface area contributed by atoms with E-state index in [4.69, 9.17) is 9.47 Å². The number of hydrogen-bond donors (Lipinski definition) is 0. The van der Waals surface area contributed by atoms with Crippen molar-refractivity contribution >= 4 is 11.8 Å². The molecule has 0 aromatic heterocycles. The summed E-state index contributed by atoms with van der Waals surface area (Å²) in [5.41, 5.74) is 0. The van der Waals surface area contributed by atoms with Gasteiger partial charge in [0.25, 0.3) is 0 Å². The number of piperazine rings is 1. The van der Waals surface area contributed by atoms with Crippen LogP contribution in [0.3, 0.4) is 0 Å². The van der Waals surface area contributed by atoms with Crippen molar-refractivity contribution in [1.82, 2.24) is 14.7 Å². The van der Waals surface area contributed by atoms with Crippen LogP contribution in [0.5, 0.6) is 5.75 Å². The van der Waals surface area contributed by atoms with Gasteiger partial charge < -0.3 is 19.3 Å². The van der Waals surface area contributed by atoms with Crippen LogP contribution in [0.4, 0.5) is 0 Å². The van der Waals surface area contributed by atoms with Gasteiger partial charge in [-0.05, 0) is 37.8 Å². The minimum Gasteiger partial charge on any atom is -0.493 e. The molecule has 0 N–H and O–H groups in total. The Morgan fingerprint density at radius 1 is 0.968 bits per heavy atom. The molecule has 3 aliphatic rings. The summed E-state index contributed by atoms with van der Waals surface area (Å²) in [6, 6.07) is 9.55. The second-order valence-corrected chi connectivity index (χ2v) is 8.85. The molecule has 2 amide bonds. The van der Waals surface area contributed by atoms with E-state index in [2.05, 4.69) is 4.90 Å². The van der Waals surface area contributed by atoms with Gasteiger partial charge in [0.2, 0.25) is 11.8 Å². The van der Waals surface area contributed by atoms with Gasteiger partial charge in [0.05, 0.1) is 25.0 Å². The summed E-state index contributed by atoms with van der Waals surface area (Å²) < 4.78 is 11.4. The summed E-state index contributed by atoms with van der Waals surface area (Å²) in [7, 11) is 0. The zero-order valence-electron chi connectivity index (χ0n) is 18.4. The molecule has 3 saturated heterocycles. The maximum absolute atomic E-state index is 13.1. The Morgan fingerprint density at radius 3 is 2.52 bits per heavy atom. The molecule has 31 heavy (non-hydrogen) atoms. The molecule has 3 fully saturated rings. The largest absolute Gasteiger partial charge is 0.493 e. The smallest absolute Gasteiger partial charge is 0.227 e. The van der Waals surface area contributed by atoms with Gasteiger partial charge in [0.1, 0.15) is 5.75 Å². The molecule has 4 rings (SSSR count). The quantitative estimate of drug-likeness (QED) is 0.664. The van der Waals surface area contributed by atoms with E-state index in [0.717, 1.165) is 70.9 Å². The molecule has 0 bridgehead atoms. The third kappa shape index (κ3) is 6.20. The number of para-hydroxylation sites is 1. The second-order valence-electron chi connectivity index (χ2n) is 8.85. The summed E-state index contributed by atoms with van der Waals surface area (Å²) in [6.07, 6.45) is 4.79. The predicted molar refractivity (Wildman–Crippen MR) is 118 cm³/mol. The number of carbonyl (C=O) groups is 2. The highest BCUT2D eigenvalue weighted by molar-refractivity contribution is 5.81. The Morgan fingerprint density at radius 2 is 1.77 bits per heavy atom. The number of nitrogens with zero attached hydrogens (tertiary/aromatic N) is 3. The van der Waals surface area contributed by atoms with E-state index in [9.17, 15) is 9.59 Å². The highest BCUT2D eigenvalue weighted by atomic mass is 16.5. The Bertz CT molecular complexity index is 715.